The van der Waals surface area contributed by atoms with Crippen LogP contribution in [0.4, 0.5) is 4.79 Å². The second-order valence-corrected chi connectivity index (χ2v) is 6.67. The number of hydrogen-bond donors (Lipinski definition) is 1. The van der Waals surface area contributed by atoms with Crippen LogP contribution in [-0.2, 0) is 11.4 Å². The minimum absolute atomic E-state index is 0.315. The highest BCUT2D eigenvalue weighted by atomic mass is 32.2. The van der Waals surface area contributed by atoms with Crippen LogP contribution in [-0.4, -0.2) is 17.8 Å². The summed E-state index contributed by atoms with van der Waals surface area (Å²) in [5.74, 6) is 1.18. The average molecular weight is 369 g/mol. The predicted octanol–water partition coefficient (Wildman–Crippen LogP) is 4.29. The van der Waals surface area contributed by atoms with Crippen LogP contribution in [0.5, 0.6) is 11.5 Å². The summed E-state index contributed by atoms with van der Waals surface area (Å²) in [7, 11) is 0. The Balaban J connectivity index is 1.42. The Morgan fingerprint density at radius 3 is 2.46 bits per heavy atom. The van der Waals surface area contributed by atoms with Crippen molar-refractivity contribution in [1.82, 2.24) is 5.32 Å². The molecule has 0 spiro atoms. The highest BCUT2D eigenvalue weighted by Crippen LogP contribution is 2.24. The highest BCUT2D eigenvalue weighted by Gasteiger charge is 2.24. The van der Waals surface area contributed by atoms with Crippen molar-refractivity contribution in [2.24, 2.45) is 0 Å². The first-order valence-corrected chi connectivity index (χ1v) is 9.15. The summed E-state index contributed by atoms with van der Waals surface area (Å²) in [4.78, 5) is 22.9. The van der Waals surface area contributed by atoms with Gasteiger partial charge in [0.25, 0.3) is 11.1 Å². The SMILES string of the molecule is O=C1NC(=O)C(=CCCCOc2cccc(OCc3ccccc3)c2)S1. The van der Waals surface area contributed by atoms with Gasteiger partial charge in [0.15, 0.2) is 0 Å². The maximum absolute atomic E-state index is 11.4. The van der Waals surface area contributed by atoms with Gasteiger partial charge in [0.1, 0.15) is 18.1 Å². The Morgan fingerprint density at radius 2 is 1.73 bits per heavy atom. The van der Waals surface area contributed by atoms with Crippen LogP contribution >= 0.6 is 11.8 Å². The summed E-state index contributed by atoms with van der Waals surface area (Å²) in [5, 5.41) is 1.92. The van der Waals surface area contributed by atoms with E-state index in [4.69, 9.17) is 9.47 Å². The lowest BCUT2D eigenvalue weighted by Crippen LogP contribution is -2.17. The molecular formula is C20H19NO4S. The van der Waals surface area contributed by atoms with Gasteiger partial charge in [0.05, 0.1) is 11.5 Å². The number of thioether (sulfide) groups is 1. The van der Waals surface area contributed by atoms with Gasteiger partial charge in [-0.1, -0.05) is 42.5 Å². The Labute approximate surface area is 156 Å². The van der Waals surface area contributed by atoms with Crippen LogP contribution in [0.25, 0.3) is 0 Å². The lowest BCUT2D eigenvalue weighted by Gasteiger charge is -2.09. The number of rotatable bonds is 8. The number of amides is 2. The van der Waals surface area contributed by atoms with E-state index in [1.807, 2.05) is 54.6 Å². The van der Waals surface area contributed by atoms with E-state index < -0.39 is 0 Å². The van der Waals surface area contributed by atoms with Gasteiger partial charge >= 0.3 is 0 Å². The van der Waals surface area contributed by atoms with Crippen molar-refractivity contribution in [3.63, 3.8) is 0 Å². The van der Waals surface area contributed by atoms with Gasteiger partial charge in [0.2, 0.25) is 0 Å². The quantitative estimate of drug-likeness (QED) is 0.555. The first kappa shape index (κ1) is 18.1. The van der Waals surface area contributed by atoms with Crippen LogP contribution < -0.4 is 14.8 Å². The second kappa shape index (κ2) is 9.10. The van der Waals surface area contributed by atoms with Crippen LogP contribution in [0.1, 0.15) is 18.4 Å². The first-order valence-electron chi connectivity index (χ1n) is 8.33. The largest absolute Gasteiger partial charge is 0.493 e. The molecule has 1 heterocycles. The normalized spacial score (nSPS) is 15.2. The number of benzene rings is 2. The smallest absolute Gasteiger partial charge is 0.290 e. The van der Waals surface area contributed by atoms with E-state index in [-0.39, 0.29) is 11.1 Å². The van der Waals surface area contributed by atoms with Gasteiger partial charge in [-0.15, -0.1) is 0 Å². The van der Waals surface area contributed by atoms with Crippen LogP contribution in [0, 0.1) is 0 Å². The molecule has 1 N–H and O–H groups in total. The molecular weight excluding hydrogens is 350 g/mol. The molecule has 0 bridgehead atoms. The molecule has 134 valence electrons. The van der Waals surface area contributed by atoms with Crippen LogP contribution in [0.2, 0.25) is 0 Å². The average Bonchev–Trinajstić information content (AvgIpc) is 2.98. The molecule has 2 aromatic rings. The van der Waals surface area contributed by atoms with Crippen molar-refractivity contribution in [3.05, 3.63) is 71.1 Å². The van der Waals surface area contributed by atoms with Gasteiger partial charge in [-0.3, -0.25) is 14.9 Å². The summed E-state index contributed by atoms with van der Waals surface area (Å²) < 4.78 is 11.5. The third-order valence-corrected chi connectivity index (χ3v) is 4.50. The molecule has 2 aromatic carbocycles. The fraction of sp³-hybridized carbons (Fsp3) is 0.200. The molecule has 0 radical (unpaired) electrons. The van der Waals surface area contributed by atoms with Crippen molar-refractivity contribution in [3.8, 4) is 11.5 Å². The first-order chi connectivity index (χ1) is 12.7. The number of nitrogens with one attached hydrogen (secondary N) is 1. The minimum atomic E-state index is -0.316. The van der Waals surface area contributed by atoms with Crippen molar-refractivity contribution >= 4 is 22.9 Å². The van der Waals surface area contributed by atoms with Gasteiger partial charge in [-0.05, 0) is 42.3 Å². The Bertz CT molecular complexity index is 804. The number of unbranched alkanes of at least 4 members (excludes halogenated alkanes) is 1. The number of ether oxygens (including phenoxy) is 2. The Morgan fingerprint density at radius 1 is 0.962 bits per heavy atom. The summed E-state index contributed by atoms with van der Waals surface area (Å²) in [6, 6.07) is 17.5. The summed E-state index contributed by atoms with van der Waals surface area (Å²) >= 11 is 0.938. The van der Waals surface area contributed by atoms with E-state index in [9.17, 15) is 9.59 Å². The standard InChI is InChI=1S/C20H19NO4S/c22-19-18(26-20(23)21-19)11-4-5-12-24-16-9-6-10-17(13-16)25-14-15-7-2-1-3-8-15/h1-3,6-11,13H,4-5,12,14H2,(H,21,22,23). The van der Waals surface area contributed by atoms with E-state index in [0.717, 1.165) is 35.2 Å². The van der Waals surface area contributed by atoms with Crippen molar-refractivity contribution in [1.29, 1.82) is 0 Å². The maximum Gasteiger partial charge on any atom is 0.290 e. The highest BCUT2D eigenvalue weighted by molar-refractivity contribution is 8.18. The summed E-state index contributed by atoms with van der Waals surface area (Å²) in [6.45, 7) is 1.03. The number of carbonyl (C=O) groups excluding carboxylic acids is 2. The van der Waals surface area contributed by atoms with E-state index in [0.29, 0.717) is 24.5 Å². The van der Waals surface area contributed by atoms with Gasteiger partial charge < -0.3 is 9.47 Å². The number of hydrogen-bond acceptors (Lipinski definition) is 5. The molecule has 26 heavy (non-hydrogen) atoms. The van der Waals surface area contributed by atoms with Crippen molar-refractivity contribution in [2.45, 2.75) is 19.4 Å². The zero-order valence-electron chi connectivity index (χ0n) is 14.1. The van der Waals surface area contributed by atoms with Gasteiger partial charge in [0, 0.05) is 6.07 Å². The van der Waals surface area contributed by atoms with Gasteiger partial charge in [-0.2, -0.15) is 0 Å². The molecule has 2 amide bonds. The fourth-order valence-electron chi connectivity index (χ4n) is 2.36. The third kappa shape index (κ3) is 5.39. The molecule has 3 rings (SSSR count). The summed E-state index contributed by atoms with van der Waals surface area (Å²) in [5.41, 5.74) is 1.11. The van der Waals surface area contributed by atoms with Crippen molar-refractivity contribution in [2.75, 3.05) is 6.61 Å². The fourth-order valence-corrected chi connectivity index (χ4v) is 3.05. The Hall–Kier alpha value is -2.73. The van der Waals surface area contributed by atoms with E-state index >= 15 is 0 Å². The minimum Gasteiger partial charge on any atom is -0.493 e. The van der Waals surface area contributed by atoms with E-state index in [2.05, 4.69) is 5.32 Å². The topological polar surface area (TPSA) is 64.6 Å². The zero-order valence-corrected chi connectivity index (χ0v) is 15.0. The number of allylic oxidation sites excluding steroid dienone is 1. The molecule has 5 nitrogen and oxygen atoms in total. The predicted molar refractivity (Wildman–Crippen MR) is 101 cm³/mol. The number of carbonyl (C=O) groups is 2. The molecule has 1 aliphatic heterocycles. The monoisotopic (exact) mass is 369 g/mol. The molecule has 0 unspecified atom stereocenters. The van der Waals surface area contributed by atoms with Crippen molar-refractivity contribution < 1.29 is 19.1 Å². The zero-order chi connectivity index (χ0) is 18.2. The lowest BCUT2D eigenvalue weighted by molar-refractivity contribution is -0.115. The molecule has 0 aliphatic carbocycles. The van der Waals surface area contributed by atoms with Crippen LogP contribution in [0.3, 0.4) is 0 Å². The molecule has 0 aromatic heterocycles. The third-order valence-electron chi connectivity index (χ3n) is 3.64. The van der Waals surface area contributed by atoms with Crippen LogP contribution in [0.15, 0.2) is 65.6 Å². The Kier molecular flexibility index (Phi) is 6.33. The molecule has 1 aliphatic rings. The lowest BCUT2D eigenvalue weighted by atomic mass is 10.2. The number of imide groups is 1. The molecule has 0 atom stereocenters. The molecule has 6 heteroatoms. The van der Waals surface area contributed by atoms with Gasteiger partial charge in [-0.25, -0.2) is 0 Å². The summed E-state index contributed by atoms with van der Waals surface area (Å²) in [6.07, 6.45) is 3.20. The maximum atomic E-state index is 11.4. The molecule has 1 fully saturated rings. The van der Waals surface area contributed by atoms with E-state index in [1.165, 1.54) is 0 Å². The molecule has 0 saturated carbocycles. The second-order valence-electron chi connectivity index (χ2n) is 5.65. The van der Waals surface area contributed by atoms with E-state index in [1.54, 1.807) is 6.08 Å². The molecule has 1 saturated heterocycles.